The minimum atomic E-state index is -0.567. The Morgan fingerprint density at radius 1 is 1.20 bits per heavy atom. The number of carbonyl (C=O) groups excluding carboxylic acids is 2. The third-order valence-corrected chi connectivity index (χ3v) is 6.57. The number of carbonyl (C=O) groups is 2. The second-order valence-corrected chi connectivity index (χ2v) is 8.91. The first kappa shape index (κ1) is 18.4. The van der Waals surface area contributed by atoms with E-state index in [9.17, 15) is 9.59 Å². The molecule has 4 saturated carbocycles. The van der Waals surface area contributed by atoms with Crippen molar-refractivity contribution in [1.82, 2.24) is 16.0 Å². The molecule has 3 amide bonds. The van der Waals surface area contributed by atoms with Gasteiger partial charge in [-0.05, 0) is 62.5 Å². The van der Waals surface area contributed by atoms with Crippen LogP contribution >= 0.6 is 11.8 Å². The maximum absolute atomic E-state index is 12.6. The lowest BCUT2D eigenvalue weighted by Gasteiger charge is -2.56. The minimum Gasteiger partial charge on any atom is -0.353 e. The lowest BCUT2D eigenvalue weighted by atomic mass is 9.53. The summed E-state index contributed by atoms with van der Waals surface area (Å²) in [5.74, 6) is 2.60. The molecule has 4 rings (SSSR count). The highest BCUT2D eigenvalue weighted by Crippen LogP contribution is 2.55. The van der Waals surface area contributed by atoms with Gasteiger partial charge in [0.2, 0.25) is 5.91 Å². The zero-order chi connectivity index (χ0) is 17.9. The molecule has 0 aliphatic heterocycles. The first-order valence-electron chi connectivity index (χ1n) is 9.26. The van der Waals surface area contributed by atoms with Crippen LogP contribution in [-0.2, 0) is 4.79 Å². The number of amides is 3. The Bertz CT molecular complexity index is 524. The van der Waals surface area contributed by atoms with E-state index in [0.29, 0.717) is 12.3 Å². The predicted molar refractivity (Wildman–Crippen MR) is 98.0 cm³/mol. The van der Waals surface area contributed by atoms with Crippen molar-refractivity contribution in [3.8, 4) is 6.07 Å². The second-order valence-electron chi connectivity index (χ2n) is 8.00. The topological polar surface area (TPSA) is 94.0 Å². The van der Waals surface area contributed by atoms with Gasteiger partial charge in [0.05, 0.1) is 12.5 Å². The average molecular weight is 365 g/mol. The first-order chi connectivity index (χ1) is 12.0. The normalized spacial score (nSPS) is 33.4. The van der Waals surface area contributed by atoms with Crippen LogP contribution in [0.15, 0.2) is 0 Å². The van der Waals surface area contributed by atoms with Gasteiger partial charge in [-0.2, -0.15) is 17.0 Å². The molecule has 0 aromatic rings. The van der Waals surface area contributed by atoms with Crippen LogP contribution in [0.4, 0.5) is 4.79 Å². The molecule has 1 unspecified atom stereocenters. The minimum absolute atomic E-state index is 0.0555. The Balaban J connectivity index is 1.55. The molecule has 0 aromatic heterocycles. The number of hydrogen-bond acceptors (Lipinski definition) is 4. The van der Waals surface area contributed by atoms with E-state index in [-0.39, 0.29) is 23.9 Å². The molecule has 4 bridgehead atoms. The molecular weight excluding hydrogens is 336 g/mol. The van der Waals surface area contributed by atoms with Gasteiger partial charge in [-0.3, -0.25) is 4.79 Å². The molecule has 0 aromatic carbocycles. The smallest absolute Gasteiger partial charge is 0.315 e. The zero-order valence-electron chi connectivity index (χ0n) is 14.8. The lowest BCUT2D eigenvalue weighted by Crippen LogP contribution is -2.63. The van der Waals surface area contributed by atoms with Gasteiger partial charge in [-0.1, -0.05) is 0 Å². The Hall–Kier alpha value is -1.42. The van der Waals surface area contributed by atoms with Gasteiger partial charge in [0, 0.05) is 17.8 Å². The summed E-state index contributed by atoms with van der Waals surface area (Å²) >= 11 is 1.52. The van der Waals surface area contributed by atoms with E-state index in [2.05, 4.69) is 16.0 Å². The number of hydrogen-bond donors (Lipinski definition) is 3. The molecule has 0 spiro atoms. The molecular formula is C18H28N4O2S. The van der Waals surface area contributed by atoms with Crippen molar-refractivity contribution < 1.29 is 9.59 Å². The molecule has 6 nitrogen and oxygen atoms in total. The monoisotopic (exact) mass is 364 g/mol. The van der Waals surface area contributed by atoms with Crippen LogP contribution in [0.5, 0.6) is 0 Å². The fraction of sp³-hybridized carbons (Fsp3) is 0.833. The summed E-state index contributed by atoms with van der Waals surface area (Å²) in [5, 5.41) is 17.4. The van der Waals surface area contributed by atoms with Crippen LogP contribution in [0, 0.1) is 29.1 Å². The Morgan fingerprint density at radius 3 is 2.32 bits per heavy atom. The van der Waals surface area contributed by atoms with Crippen LogP contribution in [0.25, 0.3) is 0 Å². The summed E-state index contributed by atoms with van der Waals surface area (Å²) in [6.07, 6.45) is 9.46. The van der Waals surface area contributed by atoms with Gasteiger partial charge in [0.15, 0.2) is 0 Å². The molecule has 4 aliphatic rings. The maximum atomic E-state index is 12.6. The quantitative estimate of drug-likeness (QED) is 0.602. The average Bonchev–Trinajstić information content (AvgIpc) is 2.52. The molecule has 0 radical (unpaired) electrons. The van der Waals surface area contributed by atoms with Crippen LogP contribution in [0.3, 0.4) is 0 Å². The van der Waals surface area contributed by atoms with Gasteiger partial charge in [-0.15, -0.1) is 0 Å². The number of nitriles is 1. The number of urea groups is 1. The maximum Gasteiger partial charge on any atom is 0.315 e. The SMILES string of the molecule is CSCC(NC(=O)NC12CC3CC(CC(C3)C1)C2)C(=O)NCCC#N. The highest BCUT2D eigenvalue weighted by Gasteiger charge is 2.51. The van der Waals surface area contributed by atoms with Crippen LogP contribution in [0.2, 0.25) is 0 Å². The molecule has 1 atom stereocenters. The number of nitrogens with zero attached hydrogens (tertiary/aromatic N) is 1. The molecule has 3 N–H and O–H groups in total. The van der Waals surface area contributed by atoms with Crippen molar-refractivity contribution in [2.45, 2.75) is 56.5 Å². The highest BCUT2D eigenvalue weighted by atomic mass is 32.2. The summed E-state index contributed by atoms with van der Waals surface area (Å²) in [7, 11) is 0. The zero-order valence-corrected chi connectivity index (χ0v) is 15.7. The van der Waals surface area contributed by atoms with Crippen molar-refractivity contribution in [3.05, 3.63) is 0 Å². The van der Waals surface area contributed by atoms with Gasteiger partial charge >= 0.3 is 6.03 Å². The van der Waals surface area contributed by atoms with Crippen molar-refractivity contribution >= 4 is 23.7 Å². The van der Waals surface area contributed by atoms with Crippen LogP contribution in [0.1, 0.15) is 44.9 Å². The Labute approximate surface area is 153 Å². The van der Waals surface area contributed by atoms with Gasteiger partial charge in [0.25, 0.3) is 0 Å². The van der Waals surface area contributed by atoms with E-state index in [1.165, 1.54) is 31.0 Å². The fourth-order valence-electron chi connectivity index (χ4n) is 5.41. The third kappa shape index (κ3) is 4.41. The summed E-state index contributed by atoms with van der Waals surface area (Å²) in [6.45, 7) is 0.318. The van der Waals surface area contributed by atoms with E-state index in [1.807, 2.05) is 12.3 Å². The fourth-order valence-corrected chi connectivity index (χ4v) is 5.98. The van der Waals surface area contributed by atoms with Crippen LogP contribution in [-0.4, -0.2) is 42.1 Å². The van der Waals surface area contributed by atoms with Crippen LogP contribution < -0.4 is 16.0 Å². The summed E-state index contributed by atoms with van der Waals surface area (Å²) in [6, 6.07) is 1.21. The van der Waals surface area contributed by atoms with E-state index >= 15 is 0 Å². The van der Waals surface area contributed by atoms with Gasteiger partial charge in [-0.25, -0.2) is 4.79 Å². The molecule has 4 fully saturated rings. The lowest BCUT2D eigenvalue weighted by molar-refractivity contribution is -0.122. The molecule has 138 valence electrons. The van der Waals surface area contributed by atoms with Crippen molar-refractivity contribution in [1.29, 1.82) is 5.26 Å². The standard InChI is InChI=1S/C18H28N4O2S/c1-25-11-15(16(23)20-4-2-3-19)21-17(24)22-18-8-12-5-13(9-18)7-14(6-12)10-18/h12-15H,2,4-11H2,1H3,(H,20,23)(H2,21,22,24). The number of rotatable bonds is 7. The van der Waals surface area contributed by atoms with E-state index in [4.69, 9.17) is 5.26 Å². The largest absolute Gasteiger partial charge is 0.353 e. The third-order valence-electron chi connectivity index (χ3n) is 5.91. The first-order valence-corrected chi connectivity index (χ1v) is 10.7. The molecule has 25 heavy (non-hydrogen) atoms. The van der Waals surface area contributed by atoms with E-state index in [1.54, 1.807) is 0 Å². The summed E-state index contributed by atoms with van der Waals surface area (Å²) in [5.41, 5.74) is -0.0555. The number of thioether (sulfide) groups is 1. The Kier molecular flexibility index (Phi) is 5.78. The Morgan fingerprint density at radius 2 is 1.80 bits per heavy atom. The summed E-state index contributed by atoms with van der Waals surface area (Å²) in [4.78, 5) is 24.8. The molecule has 4 aliphatic carbocycles. The highest BCUT2D eigenvalue weighted by molar-refractivity contribution is 7.98. The summed E-state index contributed by atoms with van der Waals surface area (Å²) < 4.78 is 0. The second kappa shape index (κ2) is 7.86. The van der Waals surface area contributed by atoms with Crippen molar-refractivity contribution in [2.24, 2.45) is 17.8 Å². The molecule has 7 heteroatoms. The van der Waals surface area contributed by atoms with Crippen molar-refractivity contribution in [2.75, 3.05) is 18.6 Å². The number of nitrogens with one attached hydrogen (secondary N) is 3. The van der Waals surface area contributed by atoms with Gasteiger partial charge in [0.1, 0.15) is 6.04 Å². The van der Waals surface area contributed by atoms with Gasteiger partial charge < -0.3 is 16.0 Å². The molecule has 0 heterocycles. The predicted octanol–water partition coefficient (Wildman–Crippen LogP) is 2.02. The van der Waals surface area contributed by atoms with E-state index in [0.717, 1.165) is 37.0 Å². The van der Waals surface area contributed by atoms with Crippen molar-refractivity contribution in [3.63, 3.8) is 0 Å². The molecule has 0 saturated heterocycles. The van der Waals surface area contributed by atoms with E-state index < -0.39 is 6.04 Å².